The molecule has 104 valence electrons. The lowest BCUT2D eigenvalue weighted by Crippen LogP contribution is -2.12. The van der Waals surface area contributed by atoms with Crippen LogP contribution in [0.5, 0.6) is 0 Å². The Kier molecular flexibility index (Phi) is 5.02. The fourth-order valence-electron chi connectivity index (χ4n) is 3.23. The minimum Gasteiger partial charge on any atom is -0.0577 e. The average Bonchev–Trinajstić information content (AvgIpc) is 2.49. The molecular weight excluding hydrogens is 470 g/mol. The van der Waals surface area contributed by atoms with Gasteiger partial charge in [0.1, 0.15) is 0 Å². The van der Waals surface area contributed by atoms with Gasteiger partial charge in [-0.2, -0.15) is 0 Å². The van der Waals surface area contributed by atoms with Crippen LogP contribution in [0.15, 0.2) is 48.5 Å². The minimum atomic E-state index is 0.770. The third-order valence-electron chi connectivity index (χ3n) is 4.41. The fourth-order valence-corrected chi connectivity index (χ4v) is 3.95. The summed E-state index contributed by atoms with van der Waals surface area (Å²) in [7, 11) is 0. The predicted octanol–water partition coefficient (Wildman–Crippen LogP) is 6.34. The molecule has 0 amide bonds. The summed E-state index contributed by atoms with van der Waals surface area (Å²) in [5.41, 5.74) is 3.07. The predicted molar refractivity (Wildman–Crippen MR) is 102 cm³/mol. The first-order chi connectivity index (χ1) is 9.72. The van der Waals surface area contributed by atoms with Crippen LogP contribution in [-0.4, -0.2) is 0 Å². The summed E-state index contributed by atoms with van der Waals surface area (Å²) in [4.78, 5) is 0. The van der Waals surface area contributed by atoms with Gasteiger partial charge >= 0.3 is 0 Å². The van der Waals surface area contributed by atoms with Gasteiger partial charge in [-0.25, -0.2) is 0 Å². The molecule has 0 saturated heterocycles. The van der Waals surface area contributed by atoms with Crippen molar-refractivity contribution in [2.45, 2.75) is 37.5 Å². The molecule has 0 aromatic heterocycles. The first kappa shape index (κ1) is 14.8. The molecule has 2 aromatic carbocycles. The fraction of sp³-hybridized carbons (Fsp3) is 0.333. The van der Waals surface area contributed by atoms with E-state index in [1.807, 2.05) is 0 Å². The zero-order valence-electron chi connectivity index (χ0n) is 11.4. The molecule has 0 spiro atoms. The van der Waals surface area contributed by atoms with Gasteiger partial charge in [-0.15, -0.1) is 0 Å². The molecule has 0 radical (unpaired) electrons. The van der Waals surface area contributed by atoms with Crippen LogP contribution in [0.4, 0.5) is 0 Å². The molecule has 1 saturated carbocycles. The van der Waals surface area contributed by atoms with Crippen LogP contribution in [0, 0.1) is 7.14 Å². The number of halogens is 2. The van der Waals surface area contributed by atoms with E-state index in [0.29, 0.717) is 0 Å². The molecule has 0 heterocycles. The highest BCUT2D eigenvalue weighted by atomic mass is 127. The molecule has 2 heteroatoms. The third kappa shape index (κ3) is 3.56. The number of benzene rings is 2. The van der Waals surface area contributed by atoms with Crippen molar-refractivity contribution in [1.29, 1.82) is 0 Å². The van der Waals surface area contributed by atoms with Gasteiger partial charge in [-0.1, -0.05) is 24.3 Å². The number of rotatable bonds is 2. The standard InChI is InChI=1S/C18H18I2/c19-17-9-5-15(6-10-17)13-1-2-14(4-3-13)16-7-11-18(20)12-8-16/h5-14H,1-4H2. The molecule has 1 fully saturated rings. The Balaban J connectivity index is 1.64. The highest BCUT2D eigenvalue weighted by molar-refractivity contribution is 14.1. The lowest BCUT2D eigenvalue weighted by molar-refractivity contribution is 0.396. The van der Waals surface area contributed by atoms with Crippen molar-refractivity contribution in [3.63, 3.8) is 0 Å². The van der Waals surface area contributed by atoms with Crippen LogP contribution in [0.3, 0.4) is 0 Å². The topological polar surface area (TPSA) is 0 Å². The molecule has 0 nitrogen and oxygen atoms in total. The first-order valence-corrected chi connectivity index (χ1v) is 9.39. The molecule has 0 atom stereocenters. The highest BCUT2D eigenvalue weighted by Crippen LogP contribution is 2.40. The van der Waals surface area contributed by atoms with E-state index in [-0.39, 0.29) is 0 Å². The Bertz CT molecular complexity index is 495. The summed E-state index contributed by atoms with van der Waals surface area (Å²) in [5.74, 6) is 1.54. The second-order valence-corrected chi connectivity index (χ2v) is 8.14. The van der Waals surface area contributed by atoms with E-state index in [2.05, 4.69) is 93.7 Å². The second kappa shape index (κ2) is 6.77. The summed E-state index contributed by atoms with van der Waals surface area (Å²) >= 11 is 4.76. The van der Waals surface area contributed by atoms with Crippen molar-refractivity contribution in [2.24, 2.45) is 0 Å². The van der Waals surface area contributed by atoms with Crippen LogP contribution in [-0.2, 0) is 0 Å². The Hall–Kier alpha value is -0.100. The van der Waals surface area contributed by atoms with E-state index in [4.69, 9.17) is 0 Å². The van der Waals surface area contributed by atoms with Gasteiger partial charge in [-0.05, 0) is 118 Å². The Labute approximate surface area is 148 Å². The van der Waals surface area contributed by atoms with Gasteiger partial charge in [0.05, 0.1) is 0 Å². The van der Waals surface area contributed by atoms with E-state index in [1.165, 1.54) is 44.0 Å². The van der Waals surface area contributed by atoms with Crippen molar-refractivity contribution < 1.29 is 0 Å². The summed E-state index contributed by atoms with van der Waals surface area (Å²) < 4.78 is 2.66. The SMILES string of the molecule is Ic1ccc(C2CCC(c3ccc(I)cc3)CC2)cc1. The van der Waals surface area contributed by atoms with Crippen LogP contribution in [0.1, 0.15) is 48.6 Å². The van der Waals surface area contributed by atoms with Crippen molar-refractivity contribution in [1.82, 2.24) is 0 Å². The molecule has 2 aromatic rings. The normalized spacial score (nSPS) is 22.7. The lowest BCUT2D eigenvalue weighted by atomic mass is 9.76. The van der Waals surface area contributed by atoms with E-state index >= 15 is 0 Å². The van der Waals surface area contributed by atoms with Crippen molar-refractivity contribution in [2.75, 3.05) is 0 Å². The second-order valence-electron chi connectivity index (χ2n) is 5.65. The lowest BCUT2D eigenvalue weighted by Gasteiger charge is -2.29. The maximum absolute atomic E-state index is 2.38. The molecule has 0 unspecified atom stereocenters. The molecular formula is C18H18I2. The van der Waals surface area contributed by atoms with Gasteiger partial charge in [0.25, 0.3) is 0 Å². The highest BCUT2D eigenvalue weighted by Gasteiger charge is 2.23. The van der Waals surface area contributed by atoms with Crippen molar-refractivity contribution in [3.05, 3.63) is 66.8 Å². The van der Waals surface area contributed by atoms with E-state index in [1.54, 1.807) is 0 Å². The summed E-state index contributed by atoms with van der Waals surface area (Å²) in [5, 5.41) is 0. The van der Waals surface area contributed by atoms with E-state index in [0.717, 1.165) is 11.8 Å². The van der Waals surface area contributed by atoms with E-state index in [9.17, 15) is 0 Å². The van der Waals surface area contributed by atoms with E-state index < -0.39 is 0 Å². The summed E-state index contributed by atoms with van der Waals surface area (Å²) in [6, 6.07) is 18.2. The zero-order valence-corrected chi connectivity index (χ0v) is 15.7. The Morgan fingerprint density at radius 3 is 1.15 bits per heavy atom. The Morgan fingerprint density at radius 1 is 0.550 bits per heavy atom. The van der Waals surface area contributed by atoms with Gasteiger partial charge < -0.3 is 0 Å². The average molecular weight is 488 g/mol. The zero-order chi connectivity index (χ0) is 13.9. The minimum absolute atomic E-state index is 0.770. The van der Waals surface area contributed by atoms with Gasteiger partial charge in [0, 0.05) is 7.14 Å². The largest absolute Gasteiger partial charge is 0.0577 e. The molecule has 1 aliphatic carbocycles. The summed E-state index contributed by atoms with van der Waals surface area (Å²) in [6.45, 7) is 0. The number of hydrogen-bond donors (Lipinski definition) is 0. The molecule has 0 N–H and O–H groups in total. The molecule has 3 rings (SSSR count). The van der Waals surface area contributed by atoms with Crippen LogP contribution in [0.2, 0.25) is 0 Å². The van der Waals surface area contributed by atoms with Gasteiger partial charge in [-0.3, -0.25) is 0 Å². The maximum Gasteiger partial charge on any atom is 0.0130 e. The summed E-state index contributed by atoms with van der Waals surface area (Å²) in [6.07, 6.45) is 5.32. The van der Waals surface area contributed by atoms with Gasteiger partial charge in [0.2, 0.25) is 0 Å². The van der Waals surface area contributed by atoms with Crippen molar-refractivity contribution in [3.8, 4) is 0 Å². The molecule has 0 aliphatic heterocycles. The maximum atomic E-state index is 2.38. The van der Waals surface area contributed by atoms with Crippen LogP contribution in [0.25, 0.3) is 0 Å². The monoisotopic (exact) mass is 488 g/mol. The third-order valence-corrected chi connectivity index (χ3v) is 5.85. The van der Waals surface area contributed by atoms with Gasteiger partial charge in [0.15, 0.2) is 0 Å². The molecule has 0 bridgehead atoms. The molecule has 1 aliphatic rings. The van der Waals surface area contributed by atoms with Crippen molar-refractivity contribution >= 4 is 45.2 Å². The molecule has 20 heavy (non-hydrogen) atoms. The quantitative estimate of drug-likeness (QED) is 0.434. The van der Waals surface area contributed by atoms with Crippen LogP contribution < -0.4 is 0 Å². The smallest absolute Gasteiger partial charge is 0.0130 e. The first-order valence-electron chi connectivity index (χ1n) is 7.23. The van der Waals surface area contributed by atoms with Crippen LogP contribution >= 0.6 is 45.2 Å². The number of hydrogen-bond acceptors (Lipinski definition) is 0. The Morgan fingerprint density at radius 2 is 0.850 bits per heavy atom.